The molecule has 2 aromatic heterocycles. The second-order valence-electron chi connectivity index (χ2n) is 6.88. The summed E-state index contributed by atoms with van der Waals surface area (Å²) in [6, 6.07) is 8.30. The van der Waals surface area contributed by atoms with Crippen LogP contribution in [-0.4, -0.2) is 25.6 Å². The van der Waals surface area contributed by atoms with Gasteiger partial charge in [0.15, 0.2) is 5.65 Å². The van der Waals surface area contributed by atoms with E-state index in [9.17, 15) is 13.2 Å². The van der Waals surface area contributed by atoms with Crippen LogP contribution in [-0.2, 0) is 12.6 Å². The number of aryl methyl sites for hydroxylation is 1. The molecule has 2 heterocycles. The van der Waals surface area contributed by atoms with E-state index in [0.717, 1.165) is 31.2 Å². The Bertz CT molecular complexity index is 990. The number of anilines is 1. The highest BCUT2D eigenvalue weighted by Crippen LogP contribution is 2.39. The quantitative estimate of drug-likeness (QED) is 0.769. The Balaban J connectivity index is 1.70. The molecule has 1 saturated carbocycles. The molecule has 26 heavy (non-hydrogen) atoms. The summed E-state index contributed by atoms with van der Waals surface area (Å²) in [7, 11) is 0. The van der Waals surface area contributed by atoms with Crippen molar-refractivity contribution in [1.82, 2.24) is 19.5 Å². The van der Waals surface area contributed by atoms with Crippen LogP contribution < -0.4 is 5.32 Å². The summed E-state index contributed by atoms with van der Waals surface area (Å²) in [4.78, 5) is 11.8. The lowest BCUT2D eigenvalue weighted by atomic mass is 10.1. The summed E-state index contributed by atoms with van der Waals surface area (Å²) >= 11 is 0. The van der Waals surface area contributed by atoms with Crippen molar-refractivity contribution in [3.63, 3.8) is 0 Å². The van der Waals surface area contributed by atoms with Crippen LogP contribution in [0.2, 0.25) is 0 Å². The third-order valence-corrected chi connectivity index (χ3v) is 5.01. The third kappa shape index (κ3) is 2.51. The summed E-state index contributed by atoms with van der Waals surface area (Å²) < 4.78 is 41.2. The Hall–Kier alpha value is -2.64. The second-order valence-corrected chi connectivity index (χ2v) is 6.88. The van der Waals surface area contributed by atoms with Gasteiger partial charge in [-0.25, -0.2) is 15.0 Å². The van der Waals surface area contributed by atoms with Crippen LogP contribution in [0.1, 0.15) is 42.3 Å². The molecule has 1 fully saturated rings. The SMILES string of the molecule is FC(F)(F)c1ncc2nc(NC3CC3)n(C3CCc4ccccc43)c2n1. The zero-order valence-corrected chi connectivity index (χ0v) is 13.8. The largest absolute Gasteiger partial charge is 0.451 e. The summed E-state index contributed by atoms with van der Waals surface area (Å²) in [5, 5.41) is 3.34. The van der Waals surface area contributed by atoms with Gasteiger partial charge in [0.05, 0.1) is 12.2 Å². The lowest BCUT2D eigenvalue weighted by Crippen LogP contribution is -2.16. The van der Waals surface area contributed by atoms with Gasteiger partial charge in [0.25, 0.3) is 0 Å². The van der Waals surface area contributed by atoms with E-state index >= 15 is 0 Å². The molecular formula is C18H16F3N5. The molecule has 0 aliphatic heterocycles. The standard InChI is InChI=1S/C18H16F3N5/c19-18(20,21)16-22-9-13-15(25-16)26(17(24-13)23-11-6-7-11)14-8-5-10-3-1-2-4-12(10)14/h1-4,9,11,14H,5-8H2,(H,23,24). The van der Waals surface area contributed by atoms with Gasteiger partial charge in [0, 0.05) is 6.04 Å². The average molecular weight is 359 g/mol. The highest BCUT2D eigenvalue weighted by molar-refractivity contribution is 5.74. The fourth-order valence-corrected chi connectivity index (χ4v) is 3.64. The molecule has 0 radical (unpaired) electrons. The van der Waals surface area contributed by atoms with Gasteiger partial charge < -0.3 is 5.32 Å². The maximum absolute atomic E-state index is 13.1. The Morgan fingerprint density at radius 1 is 1.08 bits per heavy atom. The summed E-state index contributed by atoms with van der Waals surface area (Å²) in [6.07, 6.45) is 0.380. The lowest BCUT2D eigenvalue weighted by molar-refractivity contribution is -0.144. The molecule has 2 aliphatic carbocycles. The van der Waals surface area contributed by atoms with Gasteiger partial charge in [-0.1, -0.05) is 24.3 Å². The number of nitrogens with zero attached hydrogens (tertiary/aromatic N) is 4. The van der Waals surface area contributed by atoms with Gasteiger partial charge in [-0.3, -0.25) is 4.57 Å². The van der Waals surface area contributed by atoms with Crippen molar-refractivity contribution < 1.29 is 13.2 Å². The molecule has 0 amide bonds. The summed E-state index contributed by atoms with van der Waals surface area (Å²) in [5.74, 6) is -0.548. The predicted octanol–water partition coefficient (Wildman–Crippen LogP) is 3.96. The van der Waals surface area contributed by atoms with E-state index < -0.39 is 12.0 Å². The van der Waals surface area contributed by atoms with Crippen molar-refractivity contribution >= 4 is 17.1 Å². The van der Waals surface area contributed by atoms with Gasteiger partial charge in [-0.2, -0.15) is 13.2 Å². The first-order valence-electron chi connectivity index (χ1n) is 8.67. The van der Waals surface area contributed by atoms with Crippen molar-refractivity contribution in [3.8, 4) is 0 Å². The number of imidazole rings is 1. The highest BCUT2D eigenvalue weighted by Gasteiger charge is 2.37. The molecule has 0 spiro atoms. The number of aromatic nitrogens is 4. The fraction of sp³-hybridized carbons (Fsp3) is 0.389. The van der Waals surface area contributed by atoms with E-state index in [1.165, 1.54) is 11.8 Å². The molecule has 0 bridgehead atoms. The molecule has 5 nitrogen and oxygen atoms in total. The first kappa shape index (κ1) is 15.6. The fourth-order valence-electron chi connectivity index (χ4n) is 3.64. The van der Waals surface area contributed by atoms with Crippen molar-refractivity contribution in [2.24, 2.45) is 0 Å². The van der Waals surface area contributed by atoms with Gasteiger partial charge in [0.2, 0.25) is 11.8 Å². The third-order valence-electron chi connectivity index (χ3n) is 5.01. The van der Waals surface area contributed by atoms with Crippen LogP contribution in [0.4, 0.5) is 19.1 Å². The molecule has 3 aromatic rings. The number of nitrogens with one attached hydrogen (secondary N) is 1. The van der Waals surface area contributed by atoms with E-state index in [1.54, 1.807) is 0 Å². The minimum atomic E-state index is -4.58. The Morgan fingerprint density at radius 2 is 1.88 bits per heavy atom. The summed E-state index contributed by atoms with van der Waals surface area (Å²) in [6.45, 7) is 0. The number of hydrogen-bond donors (Lipinski definition) is 1. The summed E-state index contributed by atoms with van der Waals surface area (Å²) in [5.41, 5.74) is 2.96. The first-order valence-corrected chi connectivity index (χ1v) is 8.67. The number of halogens is 3. The smallest absolute Gasteiger partial charge is 0.353 e. The average Bonchev–Trinajstić information content (AvgIpc) is 3.21. The van der Waals surface area contributed by atoms with E-state index in [-0.39, 0.29) is 11.7 Å². The van der Waals surface area contributed by atoms with Crippen LogP contribution >= 0.6 is 0 Å². The van der Waals surface area contributed by atoms with E-state index in [1.807, 2.05) is 22.8 Å². The van der Waals surface area contributed by atoms with Crippen molar-refractivity contribution in [2.45, 2.75) is 43.9 Å². The van der Waals surface area contributed by atoms with Crippen LogP contribution in [0.5, 0.6) is 0 Å². The molecule has 134 valence electrons. The highest BCUT2D eigenvalue weighted by atomic mass is 19.4. The van der Waals surface area contributed by atoms with Crippen LogP contribution in [0, 0.1) is 0 Å². The van der Waals surface area contributed by atoms with Crippen LogP contribution in [0.15, 0.2) is 30.5 Å². The monoisotopic (exact) mass is 359 g/mol. The molecule has 1 N–H and O–H groups in total. The Morgan fingerprint density at radius 3 is 2.65 bits per heavy atom. The Kier molecular flexibility index (Phi) is 3.26. The molecular weight excluding hydrogens is 343 g/mol. The number of rotatable bonds is 3. The number of benzene rings is 1. The second kappa shape index (κ2) is 5.43. The van der Waals surface area contributed by atoms with E-state index in [4.69, 9.17) is 0 Å². The lowest BCUT2D eigenvalue weighted by Gasteiger charge is -2.18. The van der Waals surface area contributed by atoms with Crippen molar-refractivity contribution in [1.29, 1.82) is 0 Å². The molecule has 8 heteroatoms. The number of alkyl halides is 3. The minimum absolute atomic E-state index is 0.0755. The molecule has 2 aliphatic rings. The van der Waals surface area contributed by atoms with Crippen molar-refractivity contribution in [3.05, 3.63) is 47.4 Å². The zero-order chi connectivity index (χ0) is 17.9. The van der Waals surface area contributed by atoms with Gasteiger partial charge in [-0.05, 0) is 36.8 Å². The number of fused-ring (bicyclic) bond motifs is 2. The van der Waals surface area contributed by atoms with Crippen LogP contribution in [0.25, 0.3) is 11.2 Å². The molecule has 0 saturated heterocycles. The van der Waals surface area contributed by atoms with E-state index in [0.29, 0.717) is 17.5 Å². The van der Waals surface area contributed by atoms with Gasteiger partial charge in [-0.15, -0.1) is 0 Å². The number of hydrogen-bond acceptors (Lipinski definition) is 4. The topological polar surface area (TPSA) is 55.6 Å². The van der Waals surface area contributed by atoms with Gasteiger partial charge >= 0.3 is 6.18 Å². The molecule has 1 unspecified atom stereocenters. The Labute approximate surface area is 147 Å². The maximum atomic E-state index is 13.1. The van der Waals surface area contributed by atoms with Crippen LogP contribution in [0.3, 0.4) is 0 Å². The van der Waals surface area contributed by atoms with E-state index in [2.05, 4.69) is 26.3 Å². The maximum Gasteiger partial charge on any atom is 0.451 e. The molecule has 1 atom stereocenters. The first-order chi connectivity index (χ1) is 12.5. The van der Waals surface area contributed by atoms with Gasteiger partial charge in [0.1, 0.15) is 5.52 Å². The minimum Gasteiger partial charge on any atom is -0.353 e. The zero-order valence-electron chi connectivity index (χ0n) is 13.8. The molecule has 1 aromatic carbocycles. The molecule has 5 rings (SSSR count). The van der Waals surface area contributed by atoms with Crippen molar-refractivity contribution in [2.75, 3.05) is 5.32 Å². The normalized spacial score (nSPS) is 19.7. The predicted molar refractivity (Wildman–Crippen MR) is 89.9 cm³/mol.